The highest BCUT2D eigenvalue weighted by molar-refractivity contribution is 7.92. The highest BCUT2D eigenvalue weighted by Crippen LogP contribution is 2.25. The Hall–Kier alpha value is -2.32. The number of hydrogen-bond donors (Lipinski definition) is 1. The van der Waals surface area contributed by atoms with Crippen molar-refractivity contribution in [2.24, 2.45) is 0 Å². The first-order valence-electron chi connectivity index (χ1n) is 6.27. The molecule has 0 saturated heterocycles. The lowest BCUT2D eigenvalue weighted by Gasteiger charge is -2.10. The molecule has 0 unspecified atom stereocenters. The average molecular weight is 356 g/mol. The Balaban J connectivity index is 2.07. The lowest BCUT2D eigenvalue weighted by Crippen LogP contribution is -2.16. The third-order valence-electron chi connectivity index (χ3n) is 2.94. The van der Waals surface area contributed by atoms with E-state index in [1.807, 2.05) is 4.72 Å². The second-order valence-corrected chi connectivity index (χ2v) is 6.54. The molecule has 3 aromatic rings. The van der Waals surface area contributed by atoms with Gasteiger partial charge in [0.05, 0.1) is 11.0 Å². The van der Waals surface area contributed by atoms with Gasteiger partial charge in [-0.2, -0.15) is 0 Å². The number of benzene rings is 2. The van der Waals surface area contributed by atoms with Crippen molar-refractivity contribution in [3.63, 3.8) is 0 Å². The van der Waals surface area contributed by atoms with Gasteiger partial charge in [-0.25, -0.2) is 27.2 Å². The van der Waals surface area contributed by atoms with Gasteiger partial charge in [0.2, 0.25) is 0 Å². The summed E-state index contributed by atoms with van der Waals surface area (Å²) in [5.41, 5.74) is 0.867. The molecule has 1 N–H and O–H groups in total. The van der Waals surface area contributed by atoms with Crippen molar-refractivity contribution in [2.75, 3.05) is 4.72 Å². The minimum absolute atomic E-state index is 0.205. The van der Waals surface area contributed by atoms with Crippen LogP contribution in [0.3, 0.4) is 0 Å². The molecule has 3 rings (SSSR count). The number of aromatic nitrogens is 2. The SMILES string of the molecule is O=S(=O)(Nc1nc2ccccc2nc1Cl)c1cc(F)ccc1F. The molecule has 1 aromatic heterocycles. The van der Waals surface area contributed by atoms with Crippen molar-refractivity contribution in [1.82, 2.24) is 9.97 Å². The minimum atomic E-state index is -4.41. The molecule has 0 radical (unpaired) electrons. The Kier molecular flexibility index (Phi) is 3.87. The fraction of sp³-hybridized carbons (Fsp3) is 0. The van der Waals surface area contributed by atoms with Crippen molar-refractivity contribution in [1.29, 1.82) is 0 Å². The number of sulfonamides is 1. The summed E-state index contributed by atoms with van der Waals surface area (Å²) in [4.78, 5) is 7.19. The second kappa shape index (κ2) is 5.71. The van der Waals surface area contributed by atoms with Crippen LogP contribution in [0.2, 0.25) is 5.15 Å². The number of nitrogens with one attached hydrogen (secondary N) is 1. The number of fused-ring (bicyclic) bond motifs is 1. The summed E-state index contributed by atoms with van der Waals surface area (Å²) in [6.07, 6.45) is 0. The lowest BCUT2D eigenvalue weighted by molar-refractivity contribution is 0.555. The summed E-state index contributed by atoms with van der Waals surface area (Å²) in [5, 5.41) is -0.205. The summed E-state index contributed by atoms with van der Waals surface area (Å²) >= 11 is 5.90. The van der Waals surface area contributed by atoms with Gasteiger partial charge in [0, 0.05) is 0 Å². The van der Waals surface area contributed by atoms with Gasteiger partial charge in [-0.15, -0.1) is 0 Å². The lowest BCUT2D eigenvalue weighted by atomic mass is 10.3. The van der Waals surface area contributed by atoms with Crippen molar-refractivity contribution >= 4 is 38.5 Å². The Morgan fingerprint density at radius 2 is 1.65 bits per heavy atom. The van der Waals surface area contributed by atoms with Crippen LogP contribution >= 0.6 is 11.6 Å². The first-order valence-corrected chi connectivity index (χ1v) is 8.13. The molecule has 1 heterocycles. The van der Waals surface area contributed by atoms with Crippen LogP contribution in [-0.4, -0.2) is 18.4 Å². The van der Waals surface area contributed by atoms with Crippen molar-refractivity contribution in [2.45, 2.75) is 4.90 Å². The summed E-state index contributed by atoms with van der Waals surface area (Å²) in [7, 11) is -4.41. The summed E-state index contributed by atoms with van der Waals surface area (Å²) in [6.45, 7) is 0. The van der Waals surface area contributed by atoms with Crippen LogP contribution in [-0.2, 0) is 10.0 Å². The molecule has 0 aliphatic rings. The van der Waals surface area contributed by atoms with E-state index in [0.717, 1.165) is 12.1 Å². The van der Waals surface area contributed by atoms with Crippen LogP contribution in [0.25, 0.3) is 11.0 Å². The molecular weight excluding hydrogens is 348 g/mol. The Labute approximate surface area is 135 Å². The quantitative estimate of drug-likeness (QED) is 0.782. The number of anilines is 1. The number of hydrogen-bond acceptors (Lipinski definition) is 4. The van der Waals surface area contributed by atoms with Crippen molar-refractivity contribution in [3.8, 4) is 0 Å². The number of para-hydroxylation sites is 2. The summed E-state index contributed by atoms with van der Waals surface area (Å²) in [6, 6.07) is 8.78. The van der Waals surface area contributed by atoms with Gasteiger partial charge in [-0.3, -0.25) is 4.72 Å². The molecule has 0 atom stereocenters. The number of nitrogens with zero attached hydrogens (tertiary/aromatic N) is 2. The zero-order valence-corrected chi connectivity index (χ0v) is 12.9. The third-order valence-corrected chi connectivity index (χ3v) is 4.56. The van der Waals surface area contributed by atoms with Crippen LogP contribution in [0, 0.1) is 11.6 Å². The van der Waals surface area contributed by atoms with Crippen LogP contribution in [0.15, 0.2) is 47.4 Å². The van der Waals surface area contributed by atoms with E-state index in [1.54, 1.807) is 24.3 Å². The summed E-state index contributed by atoms with van der Waals surface area (Å²) in [5.74, 6) is -2.25. The van der Waals surface area contributed by atoms with Crippen molar-refractivity contribution in [3.05, 3.63) is 59.3 Å². The Morgan fingerprint density at radius 3 is 2.35 bits per heavy atom. The maximum absolute atomic E-state index is 13.7. The fourth-order valence-electron chi connectivity index (χ4n) is 1.91. The van der Waals surface area contributed by atoms with E-state index in [-0.39, 0.29) is 11.0 Å². The largest absolute Gasteiger partial charge is 0.266 e. The van der Waals surface area contributed by atoms with Crippen LogP contribution in [0.1, 0.15) is 0 Å². The second-order valence-electron chi connectivity index (χ2n) is 4.53. The molecule has 118 valence electrons. The van der Waals surface area contributed by atoms with Gasteiger partial charge in [-0.05, 0) is 30.3 Å². The molecular formula is C14H8ClF2N3O2S. The zero-order valence-electron chi connectivity index (χ0n) is 11.3. The smallest absolute Gasteiger partial charge is 0.261 e. The molecule has 0 saturated carbocycles. The molecule has 2 aromatic carbocycles. The first-order chi connectivity index (χ1) is 10.9. The maximum Gasteiger partial charge on any atom is 0.266 e. The van der Waals surface area contributed by atoms with E-state index in [2.05, 4.69) is 9.97 Å². The van der Waals surface area contributed by atoms with Gasteiger partial charge < -0.3 is 0 Å². The molecule has 0 fully saturated rings. The standard InChI is InChI=1S/C14H8ClF2N3O2S/c15-13-14(19-11-4-2-1-3-10(11)18-13)20-23(21,22)12-7-8(16)5-6-9(12)17/h1-7H,(H,19,20). The van der Waals surface area contributed by atoms with E-state index in [1.165, 1.54) is 0 Å². The predicted octanol–water partition coefficient (Wildman–Crippen LogP) is 3.36. The van der Waals surface area contributed by atoms with Gasteiger partial charge in [0.25, 0.3) is 10.0 Å². The normalized spacial score (nSPS) is 11.6. The van der Waals surface area contributed by atoms with Crippen LogP contribution in [0.5, 0.6) is 0 Å². The van der Waals surface area contributed by atoms with E-state index >= 15 is 0 Å². The third kappa shape index (κ3) is 3.08. The van der Waals surface area contributed by atoms with E-state index in [4.69, 9.17) is 11.6 Å². The van der Waals surface area contributed by atoms with Crippen LogP contribution < -0.4 is 4.72 Å². The maximum atomic E-state index is 13.7. The molecule has 0 amide bonds. The minimum Gasteiger partial charge on any atom is -0.261 e. The molecule has 9 heteroatoms. The van der Waals surface area contributed by atoms with Crippen molar-refractivity contribution < 1.29 is 17.2 Å². The zero-order chi connectivity index (χ0) is 16.6. The summed E-state index contributed by atoms with van der Waals surface area (Å²) < 4.78 is 53.3. The predicted molar refractivity (Wildman–Crippen MR) is 81.7 cm³/mol. The van der Waals surface area contributed by atoms with Gasteiger partial charge in [0.15, 0.2) is 11.0 Å². The molecule has 0 aliphatic carbocycles. The van der Waals surface area contributed by atoms with Gasteiger partial charge in [0.1, 0.15) is 16.5 Å². The number of halogens is 3. The molecule has 0 aliphatic heterocycles. The average Bonchev–Trinajstić information content (AvgIpc) is 2.50. The molecule has 0 bridgehead atoms. The van der Waals surface area contributed by atoms with Crippen LogP contribution in [0.4, 0.5) is 14.6 Å². The topological polar surface area (TPSA) is 72.0 Å². The van der Waals surface area contributed by atoms with Gasteiger partial charge in [-0.1, -0.05) is 23.7 Å². The van der Waals surface area contributed by atoms with Gasteiger partial charge >= 0.3 is 0 Å². The Bertz CT molecular complexity index is 1010. The molecule has 23 heavy (non-hydrogen) atoms. The molecule has 5 nitrogen and oxygen atoms in total. The van der Waals surface area contributed by atoms with E-state index in [9.17, 15) is 17.2 Å². The highest BCUT2D eigenvalue weighted by atomic mass is 35.5. The van der Waals surface area contributed by atoms with E-state index < -0.39 is 26.6 Å². The first kappa shape index (κ1) is 15.6. The Morgan fingerprint density at radius 1 is 1.00 bits per heavy atom. The highest BCUT2D eigenvalue weighted by Gasteiger charge is 2.22. The number of rotatable bonds is 3. The monoisotopic (exact) mass is 355 g/mol. The van der Waals surface area contributed by atoms with E-state index in [0.29, 0.717) is 17.1 Å². The molecule has 0 spiro atoms. The fourth-order valence-corrected chi connectivity index (χ4v) is 3.24.